The van der Waals surface area contributed by atoms with Gasteiger partial charge < -0.3 is 15.7 Å². The maximum atomic E-state index is 11.8. The van der Waals surface area contributed by atoms with E-state index in [1.54, 1.807) is 24.3 Å². The second kappa shape index (κ2) is 7.85. The van der Waals surface area contributed by atoms with E-state index in [0.29, 0.717) is 17.7 Å². The highest BCUT2D eigenvalue weighted by Crippen LogP contribution is 2.09. The van der Waals surface area contributed by atoms with Gasteiger partial charge in [-0.25, -0.2) is 9.59 Å². The number of aliphatic carboxylic acids is 1. The van der Waals surface area contributed by atoms with Gasteiger partial charge in [0.25, 0.3) is 0 Å². The third kappa shape index (κ3) is 5.02. The second-order valence-electron chi connectivity index (χ2n) is 4.36. The lowest BCUT2D eigenvalue weighted by Crippen LogP contribution is -2.42. The van der Waals surface area contributed by atoms with Gasteiger partial charge in [-0.2, -0.15) is 0 Å². The zero-order valence-electron chi connectivity index (χ0n) is 11.3. The number of carbonyl (C=O) groups is 2. The summed E-state index contributed by atoms with van der Waals surface area (Å²) in [4.78, 5) is 22.8. The van der Waals surface area contributed by atoms with Crippen molar-refractivity contribution < 1.29 is 14.7 Å². The highest BCUT2D eigenvalue weighted by atomic mass is 16.4. The van der Waals surface area contributed by atoms with E-state index in [-0.39, 0.29) is 0 Å². The van der Waals surface area contributed by atoms with Crippen molar-refractivity contribution in [3.63, 3.8) is 0 Å². The molecule has 0 heterocycles. The molecule has 0 saturated heterocycles. The molecule has 0 aromatic heterocycles. The standard InChI is InChI=1S/C15H18N2O3/c1-3-5-9-13(14(18)19)17-15(20)16-12-8-6-7-11(4-2)10-12/h2,6-8,10,13H,3,5,9H2,1H3,(H,18,19)(H2,16,17,20). The molecule has 0 aliphatic heterocycles. The number of anilines is 1. The Morgan fingerprint density at radius 2 is 2.20 bits per heavy atom. The average molecular weight is 274 g/mol. The molecule has 1 unspecified atom stereocenters. The Bertz CT molecular complexity index is 520. The van der Waals surface area contributed by atoms with Crippen molar-refractivity contribution in [1.82, 2.24) is 5.32 Å². The number of carbonyl (C=O) groups excluding carboxylic acids is 1. The van der Waals surface area contributed by atoms with Gasteiger partial charge in [-0.3, -0.25) is 0 Å². The number of hydrogen-bond donors (Lipinski definition) is 3. The predicted molar refractivity (Wildman–Crippen MR) is 77.5 cm³/mol. The zero-order chi connectivity index (χ0) is 15.0. The highest BCUT2D eigenvalue weighted by Gasteiger charge is 2.19. The van der Waals surface area contributed by atoms with E-state index in [0.717, 1.165) is 12.8 Å². The van der Waals surface area contributed by atoms with Crippen LogP contribution in [0.1, 0.15) is 31.7 Å². The van der Waals surface area contributed by atoms with Crippen LogP contribution in [0.5, 0.6) is 0 Å². The summed E-state index contributed by atoms with van der Waals surface area (Å²) in [6, 6.07) is 5.35. The highest BCUT2D eigenvalue weighted by molar-refractivity contribution is 5.92. The molecular formula is C15H18N2O3. The van der Waals surface area contributed by atoms with Crippen LogP contribution >= 0.6 is 0 Å². The van der Waals surface area contributed by atoms with Crippen LogP contribution < -0.4 is 10.6 Å². The smallest absolute Gasteiger partial charge is 0.326 e. The van der Waals surface area contributed by atoms with E-state index in [4.69, 9.17) is 11.5 Å². The molecule has 0 fully saturated rings. The van der Waals surface area contributed by atoms with Gasteiger partial charge >= 0.3 is 12.0 Å². The summed E-state index contributed by atoms with van der Waals surface area (Å²) in [6.45, 7) is 1.96. The van der Waals surface area contributed by atoms with Crippen LogP contribution in [0.25, 0.3) is 0 Å². The number of carboxylic acids is 1. The summed E-state index contributed by atoms with van der Waals surface area (Å²) in [5.74, 6) is 1.43. The maximum Gasteiger partial charge on any atom is 0.326 e. The Hall–Kier alpha value is -2.48. The monoisotopic (exact) mass is 274 g/mol. The number of amides is 2. The molecule has 0 radical (unpaired) electrons. The van der Waals surface area contributed by atoms with Crippen LogP contribution in [0.4, 0.5) is 10.5 Å². The fourth-order valence-electron chi connectivity index (χ4n) is 1.68. The predicted octanol–water partition coefficient (Wildman–Crippen LogP) is 2.43. The maximum absolute atomic E-state index is 11.8. The molecule has 1 atom stereocenters. The fraction of sp³-hybridized carbons (Fsp3) is 0.333. The molecule has 0 spiro atoms. The van der Waals surface area contributed by atoms with Crippen molar-refractivity contribution in [2.45, 2.75) is 32.2 Å². The number of urea groups is 1. The van der Waals surface area contributed by atoms with Crippen molar-refractivity contribution in [3.05, 3.63) is 29.8 Å². The number of terminal acetylenes is 1. The van der Waals surface area contributed by atoms with Gasteiger partial charge in [-0.15, -0.1) is 6.42 Å². The molecule has 1 aromatic rings. The largest absolute Gasteiger partial charge is 0.480 e. The normalized spacial score (nSPS) is 11.2. The minimum atomic E-state index is -1.04. The van der Waals surface area contributed by atoms with Crippen molar-refractivity contribution in [3.8, 4) is 12.3 Å². The molecular weight excluding hydrogens is 256 g/mol. The first kappa shape index (κ1) is 15.6. The van der Waals surface area contributed by atoms with Gasteiger partial charge in [-0.05, 0) is 24.6 Å². The third-order valence-corrected chi connectivity index (χ3v) is 2.74. The lowest BCUT2D eigenvalue weighted by atomic mass is 10.1. The lowest BCUT2D eigenvalue weighted by molar-refractivity contribution is -0.139. The molecule has 1 aromatic carbocycles. The number of rotatable bonds is 6. The SMILES string of the molecule is C#Cc1cccc(NC(=O)NC(CCCC)C(=O)O)c1. The van der Waals surface area contributed by atoms with Gasteiger partial charge in [0.15, 0.2) is 0 Å². The van der Waals surface area contributed by atoms with Crippen molar-refractivity contribution >= 4 is 17.7 Å². The Balaban J connectivity index is 2.61. The molecule has 1 rings (SSSR count). The molecule has 0 aliphatic rings. The van der Waals surface area contributed by atoms with Gasteiger partial charge in [0.1, 0.15) is 6.04 Å². The topological polar surface area (TPSA) is 78.4 Å². The quantitative estimate of drug-likeness (QED) is 0.697. The summed E-state index contributed by atoms with van der Waals surface area (Å²) >= 11 is 0. The molecule has 5 heteroatoms. The van der Waals surface area contributed by atoms with E-state index in [2.05, 4.69) is 16.6 Å². The molecule has 0 saturated carbocycles. The first-order chi connectivity index (χ1) is 9.56. The average Bonchev–Trinajstić information content (AvgIpc) is 2.43. The molecule has 2 amide bonds. The molecule has 3 N–H and O–H groups in total. The van der Waals surface area contributed by atoms with Crippen LogP contribution in [0, 0.1) is 12.3 Å². The zero-order valence-corrected chi connectivity index (χ0v) is 11.3. The van der Waals surface area contributed by atoms with Crippen LogP contribution in [-0.4, -0.2) is 23.1 Å². The van der Waals surface area contributed by atoms with Crippen LogP contribution in [0.3, 0.4) is 0 Å². The number of nitrogens with one attached hydrogen (secondary N) is 2. The van der Waals surface area contributed by atoms with Crippen LogP contribution in [0.15, 0.2) is 24.3 Å². The number of unbranched alkanes of at least 4 members (excludes halogenated alkanes) is 1. The lowest BCUT2D eigenvalue weighted by Gasteiger charge is -2.14. The fourth-order valence-corrected chi connectivity index (χ4v) is 1.68. The van der Waals surface area contributed by atoms with Crippen LogP contribution in [-0.2, 0) is 4.79 Å². The summed E-state index contributed by atoms with van der Waals surface area (Å²) in [6.07, 6.45) is 7.29. The Morgan fingerprint density at radius 1 is 1.45 bits per heavy atom. The first-order valence-corrected chi connectivity index (χ1v) is 6.43. The summed E-state index contributed by atoms with van der Waals surface area (Å²) in [7, 11) is 0. The molecule has 5 nitrogen and oxygen atoms in total. The Labute approximate surface area is 118 Å². The van der Waals surface area contributed by atoms with Crippen molar-refractivity contribution in [1.29, 1.82) is 0 Å². The van der Waals surface area contributed by atoms with Gasteiger partial charge in [0.2, 0.25) is 0 Å². The summed E-state index contributed by atoms with van der Waals surface area (Å²) in [5, 5.41) is 14.0. The van der Waals surface area contributed by atoms with Gasteiger partial charge in [0.05, 0.1) is 0 Å². The summed E-state index contributed by atoms with van der Waals surface area (Å²) < 4.78 is 0. The molecule has 20 heavy (non-hydrogen) atoms. The first-order valence-electron chi connectivity index (χ1n) is 6.43. The second-order valence-corrected chi connectivity index (χ2v) is 4.36. The van der Waals surface area contributed by atoms with E-state index in [9.17, 15) is 9.59 Å². The minimum Gasteiger partial charge on any atom is -0.480 e. The van der Waals surface area contributed by atoms with E-state index in [1.165, 1.54) is 0 Å². The minimum absolute atomic E-state index is 0.406. The molecule has 106 valence electrons. The number of benzene rings is 1. The summed E-state index contributed by atoms with van der Waals surface area (Å²) in [5.41, 5.74) is 1.17. The van der Waals surface area contributed by atoms with Crippen molar-refractivity contribution in [2.75, 3.05) is 5.32 Å². The Morgan fingerprint density at radius 3 is 2.80 bits per heavy atom. The van der Waals surface area contributed by atoms with Gasteiger partial charge in [0, 0.05) is 11.3 Å². The third-order valence-electron chi connectivity index (χ3n) is 2.74. The molecule has 0 bridgehead atoms. The Kier molecular flexibility index (Phi) is 6.11. The van der Waals surface area contributed by atoms with E-state index >= 15 is 0 Å². The van der Waals surface area contributed by atoms with E-state index in [1.807, 2.05) is 6.92 Å². The van der Waals surface area contributed by atoms with Gasteiger partial charge in [-0.1, -0.05) is 31.8 Å². The number of carboxylic acid groups (broad SMARTS) is 1. The molecule has 0 aliphatic carbocycles. The van der Waals surface area contributed by atoms with E-state index < -0.39 is 18.0 Å². The van der Waals surface area contributed by atoms with Crippen LogP contribution in [0.2, 0.25) is 0 Å². The van der Waals surface area contributed by atoms with Crippen molar-refractivity contribution in [2.24, 2.45) is 0 Å². The number of hydrogen-bond acceptors (Lipinski definition) is 2.